The quantitative estimate of drug-likeness (QED) is 0.778. The second-order valence-corrected chi connectivity index (χ2v) is 5.52. The molecule has 2 aromatic rings. The Hall–Kier alpha value is -1.80. The number of hydrogen-bond acceptors (Lipinski definition) is 2. The highest BCUT2D eigenvalue weighted by atomic mass is 16.3. The number of aromatic hydroxyl groups is 1. The van der Waals surface area contributed by atoms with Crippen molar-refractivity contribution < 1.29 is 5.11 Å². The molecule has 2 aliphatic rings. The van der Waals surface area contributed by atoms with Crippen LogP contribution in [0.2, 0.25) is 0 Å². The van der Waals surface area contributed by atoms with Crippen molar-refractivity contribution in [2.24, 2.45) is 0 Å². The van der Waals surface area contributed by atoms with Gasteiger partial charge in [-0.05, 0) is 47.2 Å². The van der Waals surface area contributed by atoms with E-state index in [0.29, 0.717) is 11.8 Å². The molecule has 0 aliphatic carbocycles. The Kier molecular flexibility index (Phi) is 2.39. The van der Waals surface area contributed by atoms with E-state index < -0.39 is 0 Å². The second kappa shape index (κ2) is 4.10. The summed E-state index contributed by atoms with van der Waals surface area (Å²) in [4.78, 5) is 2.57. The molecule has 0 bridgehead atoms. The normalized spacial score (nSPS) is 21.4. The number of phenols is 1. The van der Waals surface area contributed by atoms with Gasteiger partial charge in [0.1, 0.15) is 5.75 Å². The highest BCUT2D eigenvalue weighted by Crippen LogP contribution is 2.40. The summed E-state index contributed by atoms with van der Waals surface area (Å²) in [6, 6.07) is 15.0. The molecule has 0 unspecified atom stereocenters. The van der Waals surface area contributed by atoms with Gasteiger partial charge in [0.15, 0.2) is 0 Å². The average Bonchev–Trinajstić information content (AvgIpc) is 2.46. The lowest BCUT2D eigenvalue weighted by Gasteiger charge is -2.41. The standard InChI is InChI=1S/C17H17NO/c19-14-5-6-16-13(11-14)8-10-18-9-7-12-3-1-2-4-15(12)17(16)18/h1-6,11,17,19H,7-10H2/t17-/m1/s1. The Morgan fingerprint density at radius 1 is 0.895 bits per heavy atom. The molecule has 0 spiro atoms. The minimum Gasteiger partial charge on any atom is -0.508 e. The first-order valence-electron chi connectivity index (χ1n) is 6.96. The number of benzene rings is 2. The van der Waals surface area contributed by atoms with E-state index in [4.69, 9.17) is 0 Å². The minimum atomic E-state index is 0.384. The van der Waals surface area contributed by atoms with Gasteiger partial charge in [0.25, 0.3) is 0 Å². The lowest BCUT2D eigenvalue weighted by atomic mass is 9.83. The molecule has 0 fully saturated rings. The van der Waals surface area contributed by atoms with Crippen molar-refractivity contribution in [2.75, 3.05) is 13.1 Å². The number of hydrogen-bond donors (Lipinski definition) is 1. The number of rotatable bonds is 0. The highest BCUT2D eigenvalue weighted by molar-refractivity contribution is 5.46. The van der Waals surface area contributed by atoms with Gasteiger partial charge in [0.05, 0.1) is 6.04 Å². The van der Waals surface area contributed by atoms with Gasteiger partial charge in [-0.1, -0.05) is 30.3 Å². The van der Waals surface area contributed by atoms with E-state index in [1.165, 1.54) is 22.3 Å². The molecule has 1 atom stereocenters. The van der Waals surface area contributed by atoms with Crippen LogP contribution in [0.25, 0.3) is 0 Å². The predicted molar refractivity (Wildman–Crippen MR) is 75.4 cm³/mol. The van der Waals surface area contributed by atoms with Crippen LogP contribution in [0, 0.1) is 0 Å². The SMILES string of the molecule is Oc1ccc2c(c1)CCN1CCc3ccccc3[C@H]21. The van der Waals surface area contributed by atoms with E-state index in [1.54, 1.807) is 0 Å². The molecular weight excluding hydrogens is 234 g/mol. The molecule has 4 rings (SSSR count). The van der Waals surface area contributed by atoms with Crippen molar-refractivity contribution in [2.45, 2.75) is 18.9 Å². The first-order valence-corrected chi connectivity index (χ1v) is 6.96. The van der Waals surface area contributed by atoms with Crippen LogP contribution >= 0.6 is 0 Å². The van der Waals surface area contributed by atoms with Crippen molar-refractivity contribution in [1.82, 2.24) is 4.90 Å². The summed E-state index contributed by atoms with van der Waals surface area (Å²) < 4.78 is 0. The van der Waals surface area contributed by atoms with E-state index in [1.807, 2.05) is 12.1 Å². The summed E-state index contributed by atoms with van der Waals surface area (Å²) in [6.07, 6.45) is 2.20. The van der Waals surface area contributed by atoms with Gasteiger partial charge in [-0.25, -0.2) is 0 Å². The van der Waals surface area contributed by atoms with E-state index in [9.17, 15) is 5.11 Å². The molecule has 2 nitrogen and oxygen atoms in total. The molecule has 96 valence electrons. The van der Waals surface area contributed by atoms with Gasteiger partial charge in [0, 0.05) is 13.1 Å². The van der Waals surface area contributed by atoms with Crippen LogP contribution in [0.4, 0.5) is 0 Å². The van der Waals surface area contributed by atoms with Crippen LogP contribution in [0.3, 0.4) is 0 Å². The van der Waals surface area contributed by atoms with Gasteiger partial charge in [0.2, 0.25) is 0 Å². The largest absolute Gasteiger partial charge is 0.508 e. The summed E-state index contributed by atoms with van der Waals surface area (Å²) in [6.45, 7) is 2.23. The van der Waals surface area contributed by atoms with Crippen LogP contribution in [-0.2, 0) is 12.8 Å². The van der Waals surface area contributed by atoms with Gasteiger partial charge in [-0.2, -0.15) is 0 Å². The van der Waals surface area contributed by atoms with Crippen molar-refractivity contribution in [3.8, 4) is 5.75 Å². The second-order valence-electron chi connectivity index (χ2n) is 5.52. The van der Waals surface area contributed by atoms with Crippen molar-refractivity contribution in [3.63, 3.8) is 0 Å². The molecule has 2 heteroatoms. The van der Waals surface area contributed by atoms with Gasteiger partial charge >= 0.3 is 0 Å². The third kappa shape index (κ3) is 1.67. The number of fused-ring (bicyclic) bond motifs is 5. The van der Waals surface area contributed by atoms with Crippen molar-refractivity contribution >= 4 is 0 Å². The fourth-order valence-corrected chi connectivity index (χ4v) is 3.56. The highest BCUT2D eigenvalue weighted by Gasteiger charge is 2.32. The zero-order valence-corrected chi connectivity index (χ0v) is 10.8. The molecule has 19 heavy (non-hydrogen) atoms. The topological polar surface area (TPSA) is 23.5 Å². The number of nitrogens with zero attached hydrogens (tertiary/aromatic N) is 1. The van der Waals surface area contributed by atoms with Crippen molar-refractivity contribution in [3.05, 3.63) is 64.7 Å². The third-order valence-corrected chi connectivity index (χ3v) is 4.47. The van der Waals surface area contributed by atoms with Crippen LogP contribution in [0.15, 0.2) is 42.5 Å². The molecule has 0 radical (unpaired) electrons. The smallest absolute Gasteiger partial charge is 0.115 e. The Labute approximate surface area is 113 Å². The maximum atomic E-state index is 9.67. The van der Waals surface area contributed by atoms with Crippen LogP contribution in [0.5, 0.6) is 5.75 Å². The lowest BCUT2D eigenvalue weighted by Crippen LogP contribution is -2.40. The van der Waals surface area contributed by atoms with E-state index in [0.717, 1.165) is 25.9 Å². The Morgan fingerprint density at radius 3 is 2.53 bits per heavy atom. The maximum absolute atomic E-state index is 9.67. The molecule has 1 N–H and O–H groups in total. The van der Waals surface area contributed by atoms with E-state index >= 15 is 0 Å². The Balaban J connectivity index is 1.90. The minimum absolute atomic E-state index is 0.384. The average molecular weight is 251 g/mol. The lowest BCUT2D eigenvalue weighted by molar-refractivity contribution is 0.202. The van der Waals surface area contributed by atoms with Crippen molar-refractivity contribution in [1.29, 1.82) is 0 Å². The fraction of sp³-hybridized carbons (Fsp3) is 0.294. The molecule has 0 aromatic heterocycles. The Morgan fingerprint density at radius 2 is 1.63 bits per heavy atom. The molecule has 0 saturated carbocycles. The summed E-state index contributed by atoms with van der Waals surface area (Å²) in [5.41, 5.74) is 5.60. The van der Waals surface area contributed by atoms with Gasteiger partial charge in [-0.15, -0.1) is 0 Å². The van der Waals surface area contributed by atoms with Crippen LogP contribution < -0.4 is 0 Å². The fourth-order valence-electron chi connectivity index (χ4n) is 3.56. The monoisotopic (exact) mass is 251 g/mol. The number of phenolic OH excluding ortho intramolecular Hbond substituents is 1. The first kappa shape index (κ1) is 11.1. The molecular formula is C17H17NO. The van der Waals surface area contributed by atoms with Gasteiger partial charge < -0.3 is 5.11 Å². The van der Waals surface area contributed by atoms with E-state index in [-0.39, 0.29) is 0 Å². The van der Waals surface area contributed by atoms with Crippen LogP contribution in [-0.4, -0.2) is 23.1 Å². The summed E-state index contributed by atoms with van der Waals surface area (Å²) >= 11 is 0. The summed E-state index contributed by atoms with van der Waals surface area (Å²) in [7, 11) is 0. The third-order valence-electron chi connectivity index (χ3n) is 4.47. The zero-order valence-electron chi connectivity index (χ0n) is 10.8. The zero-order chi connectivity index (χ0) is 12.8. The maximum Gasteiger partial charge on any atom is 0.115 e. The predicted octanol–water partition coefficient (Wildman–Crippen LogP) is 2.90. The Bertz CT molecular complexity index is 635. The molecule has 0 amide bonds. The molecule has 2 aliphatic heterocycles. The summed E-state index contributed by atoms with van der Waals surface area (Å²) in [5, 5.41) is 9.67. The molecule has 2 heterocycles. The first-order chi connectivity index (χ1) is 9.33. The molecule has 2 aromatic carbocycles. The van der Waals surface area contributed by atoms with Crippen LogP contribution in [0.1, 0.15) is 28.3 Å². The summed E-state index contributed by atoms with van der Waals surface area (Å²) in [5.74, 6) is 0.385. The molecule has 0 saturated heterocycles. The van der Waals surface area contributed by atoms with E-state index in [2.05, 4.69) is 35.2 Å². The van der Waals surface area contributed by atoms with Gasteiger partial charge in [-0.3, -0.25) is 4.90 Å².